The first-order chi connectivity index (χ1) is 10.2. The molecule has 0 atom stereocenters. The zero-order valence-electron chi connectivity index (χ0n) is 11.2. The third-order valence-electron chi connectivity index (χ3n) is 2.65. The van der Waals surface area contributed by atoms with Crippen LogP contribution in [-0.4, -0.2) is 23.2 Å². The van der Waals surface area contributed by atoms with Gasteiger partial charge >= 0.3 is 0 Å². The van der Waals surface area contributed by atoms with Crippen LogP contribution >= 0.6 is 35.0 Å². The van der Waals surface area contributed by atoms with E-state index in [9.17, 15) is 4.79 Å². The Hall–Kier alpha value is -1.23. The van der Waals surface area contributed by atoms with Gasteiger partial charge in [0.2, 0.25) is 0 Å². The molecular weight excluding hydrogens is 327 g/mol. The molecule has 0 fully saturated rings. The van der Waals surface area contributed by atoms with Crippen molar-refractivity contribution in [2.75, 3.05) is 12.3 Å². The number of thioether (sulfide) groups is 1. The molecule has 0 aliphatic carbocycles. The van der Waals surface area contributed by atoms with E-state index < -0.39 is 0 Å². The lowest BCUT2D eigenvalue weighted by Gasteiger charge is -2.06. The van der Waals surface area contributed by atoms with Gasteiger partial charge in [-0.25, -0.2) is 4.98 Å². The van der Waals surface area contributed by atoms with Gasteiger partial charge < -0.3 is 5.32 Å². The van der Waals surface area contributed by atoms with E-state index in [2.05, 4.69) is 22.4 Å². The first-order valence-corrected chi connectivity index (χ1v) is 8.19. The smallest absolute Gasteiger partial charge is 0.271 e. The normalized spacial score (nSPS) is 10.4. The van der Waals surface area contributed by atoms with Gasteiger partial charge in [0.05, 0.1) is 5.02 Å². The zero-order chi connectivity index (χ0) is 15.1. The lowest BCUT2D eigenvalue weighted by atomic mass is 10.3. The minimum atomic E-state index is -0.299. The first-order valence-electron chi connectivity index (χ1n) is 6.45. The molecule has 0 saturated carbocycles. The van der Waals surface area contributed by atoms with Crippen LogP contribution in [0.4, 0.5) is 0 Å². The number of halogens is 2. The van der Waals surface area contributed by atoms with E-state index in [1.165, 1.54) is 4.90 Å². The Labute approximate surface area is 138 Å². The molecule has 0 aliphatic heterocycles. The molecule has 1 aromatic heterocycles. The average Bonchev–Trinajstić information content (AvgIpc) is 2.50. The highest BCUT2D eigenvalue weighted by molar-refractivity contribution is 7.99. The van der Waals surface area contributed by atoms with Gasteiger partial charge in [-0.15, -0.1) is 11.8 Å². The summed E-state index contributed by atoms with van der Waals surface area (Å²) in [5, 5.41) is 3.35. The average molecular weight is 341 g/mol. The van der Waals surface area contributed by atoms with Gasteiger partial charge in [0.25, 0.3) is 5.91 Å². The molecule has 1 heterocycles. The van der Waals surface area contributed by atoms with E-state index in [4.69, 9.17) is 23.2 Å². The summed E-state index contributed by atoms with van der Waals surface area (Å²) in [4.78, 5) is 17.1. The lowest BCUT2D eigenvalue weighted by molar-refractivity contribution is 0.0949. The van der Waals surface area contributed by atoms with Crippen molar-refractivity contribution in [1.29, 1.82) is 0 Å². The monoisotopic (exact) mass is 340 g/mol. The maximum atomic E-state index is 11.9. The topological polar surface area (TPSA) is 42.0 Å². The van der Waals surface area contributed by atoms with Crippen LogP contribution in [0.2, 0.25) is 10.2 Å². The number of benzene rings is 1. The third-order valence-corrected chi connectivity index (χ3v) is 4.26. The predicted molar refractivity (Wildman–Crippen MR) is 88.4 cm³/mol. The molecule has 0 aliphatic rings. The van der Waals surface area contributed by atoms with Crippen LogP contribution in [0, 0.1) is 0 Å². The van der Waals surface area contributed by atoms with E-state index in [0.29, 0.717) is 11.6 Å². The number of rotatable bonds is 6. The molecule has 0 spiro atoms. The highest BCUT2D eigenvalue weighted by Crippen LogP contribution is 2.18. The van der Waals surface area contributed by atoms with Gasteiger partial charge in [-0.1, -0.05) is 41.4 Å². The number of hydrogen-bond donors (Lipinski definition) is 1. The van der Waals surface area contributed by atoms with Crippen LogP contribution in [0.1, 0.15) is 16.9 Å². The van der Waals surface area contributed by atoms with E-state index >= 15 is 0 Å². The molecule has 2 rings (SSSR count). The van der Waals surface area contributed by atoms with Crippen molar-refractivity contribution in [3.63, 3.8) is 0 Å². The molecule has 1 N–H and O–H groups in total. The highest BCUT2D eigenvalue weighted by Gasteiger charge is 2.12. The molecule has 0 bridgehead atoms. The number of nitrogens with one attached hydrogen (secondary N) is 1. The SMILES string of the molecule is O=C(NCCCSc1ccccc1)c1nc(Cl)ccc1Cl. The van der Waals surface area contributed by atoms with Crippen molar-refractivity contribution >= 4 is 40.9 Å². The number of carbonyl (C=O) groups is 1. The Balaban J connectivity index is 1.73. The van der Waals surface area contributed by atoms with Gasteiger partial charge in [-0.3, -0.25) is 4.79 Å². The van der Waals surface area contributed by atoms with Gasteiger partial charge in [0.1, 0.15) is 10.8 Å². The minimum Gasteiger partial charge on any atom is -0.351 e. The molecular formula is C15H14Cl2N2OS. The van der Waals surface area contributed by atoms with Crippen molar-refractivity contribution in [1.82, 2.24) is 10.3 Å². The Morgan fingerprint density at radius 1 is 1.14 bits per heavy atom. The van der Waals surface area contributed by atoms with E-state index in [1.807, 2.05) is 18.2 Å². The molecule has 2 aromatic rings. The molecule has 0 saturated heterocycles. The van der Waals surface area contributed by atoms with E-state index in [0.717, 1.165) is 12.2 Å². The standard InChI is InChI=1S/C15H14Cl2N2OS/c16-12-7-8-13(17)19-14(12)15(20)18-9-4-10-21-11-5-2-1-3-6-11/h1-3,5-8H,4,9-10H2,(H,18,20). The fourth-order valence-corrected chi connectivity index (χ4v) is 2.85. The van der Waals surface area contributed by atoms with E-state index in [1.54, 1.807) is 23.9 Å². The van der Waals surface area contributed by atoms with Gasteiger partial charge in [0.15, 0.2) is 0 Å². The van der Waals surface area contributed by atoms with Crippen molar-refractivity contribution in [2.24, 2.45) is 0 Å². The van der Waals surface area contributed by atoms with Crippen molar-refractivity contribution in [3.05, 3.63) is 58.3 Å². The van der Waals surface area contributed by atoms with Crippen molar-refractivity contribution in [3.8, 4) is 0 Å². The van der Waals surface area contributed by atoms with Crippen LogP contribution in [0.15, 0.2) is 47.4 Å². The molecule has 110 valence electrons. The summed E-state index contributed by atoms with van der Waals surface area (Å²) in [5.74, 6) is 0.633. The second-order valence-corrected chi connectivity index (χ2v) is 6.20. The molecule has 3 nitrogen and oxygen atoms in total. The summed E-state index contributed by atoms with van der Waals surface area (Å²) in [7, 11) is 0. The van der Waals surface area contributed by atoms with Gasteiger partial charge in [0, 0.05) is 11.4 Å². The fourth-order valence-electron chi connectivity index (χ4n) is 1.64. The third kappa shape index (κ3) is 5.23. The molecule has 1 aromatic carbocycles. The van der Waals surface area contributed by atoms with Crippen molar-refractivity contribution in [2.45, 2.75) is 11.3 Å². The molecule has 6 heteroatoms. The second-order valence-electron chi connectivity index (χ2n) is 4.24. The summed E-state index contributed by atoms with van der Waals surface area (Å²) < 4.78 is 0. The molecule has 1 amide bonds. The Kier molecular flexibility index (Phi) is 6.36. The maximum absolute atomic E-state index is 11.9. The number of pyridine rings is 1. The van der Waals surface area contributed by atoms with Gasteiger partial charge in [-0.2, -0.15) is 0 Å². The summed E-state index contributed by atoms with van der Waals surface area (Å²) in [6.45, 7) is 0.573. The molecule has 21 heavy (non-hydrogen) atoms. The summed E-state index contributed by atoms with van der Waals surface area (Å²) in [5.41, 5.74) is 0.167. The number of aromatic nitrogens is 1. The number of hydrogen-bond acceptors (Lipinski definition) is 3. The number of carbonyl (C=O) groups excluding carboxylic acids is 1. The van der Waals surface area contributed by atoms with Crippen molar-refractivity contribution < 1.29 is 4.79 Å². The summed E-state index contributed by atoms with van der Waals surface area (Å²) in [6, 6.07) is 13.3. The van der Waals surface area contributed by atoms with Crippen LogP contribution in [0.5, 0.6) is 0 Å². The summed E-state index contributed by atoms with van der Waals surface area (Å²) in [6.07, 6.45) is 0.865. The Morgan fingerprint density at radius 2 is 1.90 bits per heavy atom. The largest absolute Gasteiger partial charge is 0.351 e. The highest BCUT2D eigenvalue weighted by atomic mass is 35.5. The van der Waals surface area contributed by atoms with E-state index in [-0.39, 0.29) is 16.8 Å². The minimum absolute atomic E-state index is 0.167. The number of amides is 1. The second kappa shape index (κ2) is 8.27. The predicted octanol–water partition coefficient (Wildman–Crippen LogP) is 4.30. The number of nitrogens with zero attached hydrogens (tertiary/aromatic N) is 1. The maximum Gasteiger partial charge on any atom is 0.271 e. The van der Waals surface area contributed by atoms with Crippen LogP contribution in [-0.2, 0) is 0 Å². The molecule has 0 radical (unpaired) electrons. The zero-order valence-corrected chi connectivity index (χ0v) is 13.5. The van der Waals surface area contributed by atoms with Gasteiger partial charge in [-0.05, 0) is 36.4 Å². The van der Waals surface area contributed by atoms with Crippen LogP contribution in [0.3, 0.4) is 0 Å². The first kappa shape index (κ1) is 16.1. The lowest BCUT2D eigenvalue weighted by Crippen LogP contribution is -2.26. The fraction of sp³-hybridized carbons (Fsp3) is 0.200. The molecule has 0 unspecified atom stereocenters. The Morgan fingerprint density at radius 3 is 2.67 bits per heavy atom. The van der Waals surface area contributed by atoms with Crippen LogP contribution < -0.4 is 5.32 Å². The Bertz CT molecular complexity index is 608. The van der Waals surface area contributed by atoms with Crippen LogP contribution in [0.25, 0.3) is 0 Å². The quantitative estimate of drug-likeness (QED) is 0.484. The summed E-state index contributed by atoms with van der Waals surface area (Å²) >= 11 is 13.4.